The highest BCUT2D eigenvalue weighted by molar-refractivity contribution is 6.00. The molecule has 3 aromatic rings. The average molecular weight is 316 g/mol. The summed E-state index contributed by atoms with van der Waals surface area (Å²) in [6.45, 7) is 3.20. The zero-order valence-electron chi connectivity index (χ0n) is 12.3. The number of anilines is 2. The number of halogens is 1. The predicted molar refractivity (Wildman–Crippen MR) is 82.1 cm³/mol. The Morgan fingerprint density at radius 1 is 1.30 bits per heavy atom. The molecule has 3 rings (SSSR count). The first-order valence-corrected chi connectivity index (χ1v) is 6.72. The Morgan fingerprint density at radius 2 is 2.09 bits per heavy atom. The van der Waals surface area contributed by atoms with E-state index in [0.29, 0.717) is 11.3 Å². The summed E-state index contributed by atoms with van der Waals surface area (Å²) in [7, 11) is 0. The lowest BCUT2D eigenvalue weighted by Crippen LogP contribution is -2.28. The Kier molecular flexibility index (Phi) is 3.53. The molecule has 2 aromatic heterocycles. The SMILES string of the molecule is Cc1ccc(NC(=O)Nc2c(C)nc3nc[nH]n3c2=O)cc1F. The topological polar surface area (TPSA) is 104 Å². The number of nitrogens with one attached hydrogen (secondary N) is 3. The maximum absolute atomic E-state index is 13.5. The van der Waals surface area contributed by atoms with Crippen LogP contribution < -0.4 is 16.2 Å². The Labute approximate surface area is 129 Å². The van der Waals surface area contributed by atoms with Gasteiger partial charge in [0.2, 0.25) is 0 Å². The molecule has 118 valence electrons. The molecule has 1 aromatic carbocycles. The quantitative estimate of drug-likeness (QED) is 0.670. The van der Waals surface area contributed by atoms with Crippen molar-refractivity contribution in [1.82, 2.24) is 19.6 Å². The van der Waals surface area contributed by atoms with Gasteiger partial charge in [0.25, 0.3) is 11.3 Å². The molecule has 3 N–H and O–H groups in total. The van der Waals surface area contributed by atoms with Gasteiger partial charge in [0.15, 0.2) is 0 Å². The van der Waals surface area contributed by atoms with E-state index in [2.05, 4.69) is 25.7 Å². The zero-order chi connectivity index (χ0) is 16.6. The van der Waals surface area contributed by atoms with Gasteiger partial charge < -0.3 is 10.6 Å². The van der Waals surface area contributed by atoms with E-state index in [1.54, 1.807) is 26.0 Å². The van der Waals surface area contributed by atoms with E-state index in [-0.39, 0.29) is 17.2 Å². The molecule has 2 heterocycles. The molecular formula is C14H13FN6O2. The summed E-state index contributed by atoms with van der Waals surface area (Å²) in [5.74, 6) is -0.223. The third-order valence-electron chi connectivity index (χ3n) is 3.28. The number of aromatic nitrogens is 4. The standard InChI is InChI=1S/C14H13FN6O2/c1-7-3-4-9(5-10(7)15)19-14(23)20-11-8(2)18-13-16-6-17-21(13)12(11)22/h3-6H,1-2H3,(H,16,17,18)(H2,19,20,23). The van der Waals surface area contributed by atoms with Crippen molar-refractivity contribution in [3.05, 3.63) is 52.0 Å². The molecular weight excluding hydrogens is 303 g/mol. The van der Waals surface area contributed by atoms with Crippen LogP contribution >= 0.6 is 0 Å². The molecule has 0 aliphatic carbocycles. The average Bonchev–Trinajstić information content (AvgIpc) is 2.95. The molecule has 0 unspecified atom stereocenters. The van der Waals surface area contributed by atoms with Crippen LogP contribution in [0.1, 0.15) is 11.3 Å². The van der Waals surface area contributed by atoms with Crippen molar-refractivity contribution in [1.29, 1.82) is 0 Å². The minimum atomic E-state index is -0.672. The minimum absolute atomic E-state index is 0.0110. The number of hydrogen-bond donors (Lipinski definition) is 3. The second-order valence-electron chi connectivity index (χ2n) is 4.94. The molecule has 0 saturated carbocycles. The molecule has 0 atom stereocenters. The van der Waals surface area contributed by atoms with Gasteiger partial charge in [-0.25, -0.2) is 19.2 Å². The second-order valence-corrected chi connectivity index (χ2v) is 4.94. The summed E-state index contributed by atoms with van der Waals surface area (Å²) >= 11 is 0. The molecule has 0 saturated heterocycles. The van der Waals surface area contributed by atoms with Crippen molar-refractivity contribution in [2.24, 2.45) is 0 Å². The Bertz CT molecular complexity index is 962. The highest BCUT2D eigenvalue weighted by Gasteiger charge is 2.14. The lowest BCUT2D eigenvalue weighted by molar-refractivity contribution is 0.262. The van der Waals surface area contributed by atoms with E-state index in [1.807, 2.05) is 0 Å². The van der Waals surface area contributed by atoms with Crippen LogP contribution in [-0.4, -0.2) is 25.6 Å². The summed E-state index contributed by atoms with van der Waals surface area (Å²) in [5, 5.41) is 7.49. The van der Waals surface area contributed by atoms with Gasteiger partial charge >= 0.3 is 6.03 Å². The second kappa shape index (κ2) is 5.52. The lowest BCUT2D eigenvalue weighted by Gasteiger charge is -2.09. The van der Waals surface area contributed by atoms with Crippen molar-refractivity contribution in [2.45, 2.75) is 13.8 Å². The van der Waals surface area contributed by atoms with Crippen LogP contribution in [0.3, 0.4) is 0 Å². The fraction of sp³-hybridized carbons (Fsp3) is 0.143. The van der Waals surface area contributed by atoms with Gasteiger partial charge in [0.05, 0.1) is 5.69 Å². The zero-order valence-corrected chi connectivity index (χ0v) is 12.3. The number of nitrogens with zero attached hydrogens (tertiary/aromatic N) is 3. The van der Waals surface area contributed by atoms with E-state index in [9.17, 15) is 14.0 Å². The van der Waals surface area contributed by atoms with Crippen LogP contribution in [0.15, 0.2) is 29.3 Å². The number of carbonyl (C=O) groups is 1. The number of H-pyrrole nitrogens is 1. The molecule has 8 nitrogen and oxygen atoms in total. The molecule has 9 heteroatoms. The van der Waals surface area contributed by atoms with Crippen LogP contribution in [0.4, 0.5) is 20.6 Å². The number of urea groups is 1. The largest absolute Gasteiger partial charge is 0.323 e. The van der Waals surface area contributed by atoms with Gasteiger partial charge in [-0.1, -0.05) is 6.07 Å². The van der Waals surface area contributed by atoms with Crippen LogP contribution in [-0.2, 0) is 0 Å². The molecule has 0 spiro atoms. The van der Waals surface area contributed by atoms with Crippen LogP contribution in [0.2, 0.25) is 0 Å². The Balaban J connectivity index is 1.85. The summed E-state index contributed by atoms with van der Waals surface area (Å²) in [6, 6.07) is 3.64. The Hall–Kier alpha value is -3.23. The minimum Gasteiger partial charge on any atom is -0.308 e. The van der Waals surface area contributed by atoms with E-state index in [0.717, 1.165) is 4.52 Å². The lowest BCUT2D eigenvalue weighted by atomic mass is 10.2. The number of benzene rings is 1. The van der Waals surface area contributed by atoms with E-state index in [1.165, 1.54) is 12.4 Å². The van der Waals surface area contributed by atoms with Crippen LogP contribution in [0.25, 0.3) is 5.78 Å². The monoisotopic (exact) mass is 316 g/mol. The highest BCUT2D eigenvalue weighted by Crippen LogP contribution is 2.14. The van der Waals surface area contributed by atoms with Crippen molar-refractivity contribution in [2.75, 3.05) is 10.6 Å². The molecule has 0 fully saturated rings. The van der Waals surface area contributed by atoms with Gasteiger partial charge in [-0.15, -0.1) is 0 Å². The predicted octanol–water partition coefficient (Wildman–Crippen LogP) is 1.82. The molecule has 0 radical (unpaired) electrons. The van der Waals surface area contributed by atoms with Gasteiger partial charge in [-0.3, -0.25) is 9.89 Å². The fourth-order valence-electron chi connectivity index (χ4n) is 2.05. The number of hydrogen-bond acceptors (Lipinski definition) is 4. The van der Waals surface area contributed by atoms with E-state index >= 15 is 0 Å². The number of aryl methyl sites for hydroxylation is 2. The maximum atomic E-state index is 13.5. The Morgan fingerprint density at radius 3 is 2.83 bits per heavy atom. The van der Waals surface area contributed by atoms with Gasteiger partial charge in [0.1, 0.15) is 17.8 Å². The number of carbonyl (C=O) groups excluding carboxylic acids is 1. The molecule has 0 aliphatic rings. The third kappa shape index (κ3) is 2.76. The van der Waals surface area contributed by atoms with Gasteiger partial charge in [-0.2, -0.15) is 4.52 Å². The van der Waals surface area contributed by atoms with Crippen molar-refractivity contribution in [3.63, 3.8) is 0 Å². The van der Waals surface area contributed by atoms with Gasteiger partial charge in [-0.05, 0) is 31.5 Å². The molecule has 23 heavy (non-hydrogen) atoms. The summed E-state index contributed by atoms with van der Waals surface area (Å²) < 4.78 is 14.6. The van der Waals surface area contributed by atoms with Crippen LogP contribution in [0.5, 0.6) is 0 Å². The summed E-state index contributed by atoms with van der Waals surface area (Å²) in [5.41, 5.74) is 0.595. The first kappa shape index (κ1) is 14.7. The van der Waals surface area contributed by atoms with Crippen molar-refractivity contribution < 1.29 is 9.18 Å². The molecule has 2 amide bonds. The molecule has 0 aliphatic heterocycles. The first-order valence-electron chi connectivity index (χ1n) is 6.72. The number of aromatic amines is 1. The number of rotatable bonds is 2. The summed E-state index contributed by atoms with van der Waals surface area (Å²) in [4.78, 5) is 32.2. The van der Waals surface area contributed by atoms with Crippen molar-refractivity contribution >= 4 is 23.2 Å². The van der Waals surface area contributed by atoms with E-state index < -0.39 is 17.4 Å². The molecule has 0 bridgehead atoms. The first-order chi connectivity index (χ1) is 11.0. The van der Waals surface area contributed by atoms with E-state index in [4.69, 9.17) is 0 Å². The van der Waals surface area contributed by atoms with Crippen molar-refractivity contribution in [3.8, 4) is 0 Å². The number of fused-ring (bicyclic) bond motifs is 1. The maximum Gasteiger partial charge on any atom is 0.323 e. The normalized spacial score (nSPS) is 10.7. The highest BCUT2D eigenvalue weighted by atomic mass is 19.1. The van der Waals surface area contributed by atoms with Gasteiger partial charge in [0, 0.05) is 5.69 Å². The smallest absolute Gasteiger partial charge is 0.308 e. The number of amides is 2. The third-order valence-corrected chi connectivity index (χ3v) is 3.28. The fourth-order valence-corrected chi connectivity index (χ4v) is 2.05. The summed E-state index contributed by atoms with van der Waals surface area (Å²) in [6.07, 6.45) is 1.32. The van der Waals surface area contributed by atoms with Crippen LogP contribution in [0, 0.1) is 19.7 Å².